The molecule has 104 valence electrons. The highest BCUT2D eigenvalue weighted by atomic mass is 35.5. The zero-order valence-corrected chi connectivity index (χ0v) is 12.1. The molecule has 6 heteroatoms. The lowest BCUT2D eigenvalue weighted by molar-refractivity contribution is 0.270. The minimum absolute atomic E-state index is 0.0361. The second-order valence-corrected chi connectivity index (χ2v) is 4.74. The van der Waals surface area contributed by atoms with Crippen LogP contribution in [0.4, 0.5) is 0 Å². The van der Waals surface area contributed by atoms with Crippen molar-refractivity contribution in [3.05, 3.63) is 57.5 Å². The van der Waals surface area contributed by atoms with Gasteiger partial charge in [-0.3, -0.25) is 0 Å². The molecule has 2 aromatic rings. The van der Waals surface area contributed by atoms with E-state index < -0.39 is 0 Å². The molecule has 1 aromatic carbocycles. The van der Waals surface area contributed by atoms with E-state index in [4.69, 9.17) is 42.9 Å². The van der Waals surface area contributed by atoms with Crippen molar-refractivity contribution < 1.29 is 9.15 Å². The summed E-state index contributed by atoms with van der Waals surface area (Å²) in [5.41, 5.74) is -0.0361. The molecule has 0 aliphatic heterocycles. The van der Waals surface area contributed by atoms with Crippen LogP contribution in [0.3, 0.4) is 0 Å². The van der Waals surface area contributed by atoms with Gasteiger partial charge in [-0.1, -0.05) is 29.3 Å². The largest absolute Gasteiger partial charge is 0.483 e. The molecule has 0 amide bonds. The molecule has 4 nitrogen and oxygen atoms in total. The van der Waals surface area contributed by atoms with E-state index in [1.165, 1.54) is 6.08 Å². The van der Waals surface area contributed by atoms with Gasteiger partial charge in [-0.2, -0.15) is 10.5 Å². The maximum absolute atomic E-state index is 8.67. The summed E-state index contributed by atoms with van der Waals surface area (Å²) in [6.07, 6.45) is 1.35. The van der Waals surface area contributed by atoms with Crippen molar-refractivity contribution in [1.29, 1.82) is 10.5 Å². The zero-order valence-electron chi connectivity index (χ0n) is 10.6. The summed E-state index contributed by atoms with van der Waals surface area (Å²) in [6, 6.07) is 11.9. The quantitative estimate of drug-likeness (QED) is 0.772. The number of hydrogen-bond donors (Lipinski definition) is 0. The molecule has 1 aromatic heterocycles. The molecule has 2 rings (SSSR count). The number of nitrogens with zero attached hydrogens (tertiary/aromatic N) is 2. The Balaban J connectivity index is 2.09. The third kappa shape index (κ3) is 3.79. The molecule has 0 N–H and O–H groups in total. The number of hydrogen-bond acceptors (Lipinski definition) is 4. The maximum Gasteiger partial charge on any atom is 0.157 e. The summed E-state index contributed by atoms with van der Waals surface area (Å²) in [4.78, 5) is 0. The Hall–Kier alpha value is -2.40. The molecular weight excluding hydrogens is 311 g/mol. The Morgan fingerprint density at radius 3 is 2.43 bits per heavy atom. The van der Waals surface area contributed by atoms with Gasteiger partial charge in [0.1, 0.15) is 35.8 Å². The first-order valence-electron chi connectivity index (χ1n) is 5.81. The van der Waals surface area contributed by atoms with E-state index in [0.717, 1.165) is 0 Å². The lowest BCUT2D eigenvalue weighted by Gasteiger charge is -2.07. The first kappa shape index (κ1) is 15.0. The van der Waals surface area contributed by atoms with E-state index in [1.54, 1.807) is 42.5 Å². The van der Waals surface area contributed by atoms with Crippen LogP contribution in [0.25, 0.3) is 6.08 Å². The molecule has 0 spiro atoms. The molecule has 0 unspecified atom stereocenters. The Bertz CT molecular complexity index is 730. The van der Waals surface area contributed by atoms with E-state index in [0.29, 0.717) is 27.3 Å². The van der Waals surface area contributed by atoms with Gasteiger partial charge in [-0.15, -0.1) is 0 Å². The standard InChI is InChI=1S/C15H8Cl2N2O2/c16-13-2-1-3-14(17)15(13)20-9-12-5-4-11(21-12)6-10(7-18)8-19/h1-6H,9H2. The number of furan rings is 1. The average Bonchev–Trinajstić information content (AvgIpc) is 2.92. The molecule has 0 aliphatic carbocycles. The fourth-order valence-electron chi connectivity index (χ4n) is 1.55. The van der Waals surface area contributed by atoms with Gasteiger partial charge in [-0.25, -0.2) is 0 Å². The molecule has 1 heterocycles. The third-order valence-electron chi connectivity index (χ3n) is 2.49. The van der Waals surface area contributed by atoms with Gasteiger partial charge in [0.2, 0.25) is 0 Å². The number of halogens is 2. The van der Waals surface area contributed by atoms with Crippen LogP contribution in [0, 0.1) is 22.7 Å². The van der Waals surface area contributed by atoms with Crippen LogP contribution in [0.5, 0.6) is 5.75 Å². The first-order valence-corrected chi connectivity index (χ1v) is 6.57. The fraction of sp³-hybridized carbons (Fsp3) is 0.0667. The molecule has 0 saturated heterocycles. The predicted octanol–water partition coefficient (Wildman–Crippen LogP) is 4.60. The fourth-order valence-corrected chi connectivity index (χ4v) is 2.05. The molecule has 0 bridgehead atoms. The number of allylic oxidation sites excluding steroid dienone is 1. The minimum atomic E-state index is -0.0361. The Kier molecular flexibility index (Phi) is 4.90. The zero-order chi connectivity index (χ0) is 15.2. The lowest BCUT2D eigenvalue weighted by Crippen LogP contribution is -1.95. The van der Waals surface area contributed by atoms with Crippen LogP contribution >= 0.6 is 23.2 Å². The van der Waals surface area contributed by atoms with Crippen molar-refractivity contribution in [1.82, 2.24) is 0 Å². The Morgan fingerprint density at radius 2 is 1.81 bits per heavy atom. The highest BCUT2D eigenvalue weighted by Gasteiger charge is 2.08. The molecule has 21 heavy (non-hydrogen) atoms. The third-order valence-corrected chi connectivity index (χ3v) is 3.08. The van der Waals surface area contributed by atoms with E-state index >= 15 is 0 Å². The number of nitriles is 2. The first-order chi connectivity index (χ1) is 10.1. The van der Waals surface area contributed by atoms with E-state index in [-0.39, 0.29) is 12.2 Å². The Morgan fingerprint density at radius 1 is 1.14 bits per heavy atom. The molecular formula is C15H8Cl2N2O2. The van der Waals surface area contributed by atoms with Crippen molar-refractivity contribution in [2.75, 3.05) is 0 Å². The molecule has 0 atom stereocenters. The Labute approximate surface area is 131 Å². The topological polar surface area (TPSA) is 70.0 Å². The van der Waals surface area contributed by atoms with Crippen molar-refractivity contribution in [3.8, 4) is 17.9 Å². The van der Waals surface area contributed by atoms with Crippen LogP contribution in [-0.4, -0.2) is 0 Å². The summed E-state index contributed by atoms with van der Waals surface area (Å²) in [5.74, 6) is 1.30. The second kappa shape index (κ2) is 6.85. The number of rotatable bonds is 4. The lowest BCUT2D eigenvalue weighted by atomic mass is 10.3. The predicted molar refractivity (Wildman–Crippen MR) is 78.7 cm³/mol. The molecule has 0 aliphatic rings. The number of ether oxygens (including phenoxy) is 1. The average molecular weight is 319 g/mol. The van der Waals surface area contributed by atoms with Gasteiger partial charge in [0.25, 0.3) is 0 Å². The van der Waals surface area contributed by atoms with Crippen molar-refractivity contribution >= 4 is 29.3 Å². The van der Waals surface area contributed by atoms with Gasteiger partial charge in [-0.05, 0) is 24.3 Å². The van der Waals surface area contributed by atoms with E-state index in [9.17, 15) is 0 Å². The highest BCUT2D eigenvalue weighted by molar-refractivity contribution is 6.37. The normalized spacial score (nSPS) is 9.52. The van der Waals surface area contributed by atoms with Crippen LogP contribution in [-0.2, 0) is 6.61 Å². The number of benzene rings is 1. The summed E-state index contributed by atoms with van der Waals surface area (Å²) < 4.78 is 10.9. The van der Waals surface area contributed by atoms with Gasteiger partial charge in [0, 0.05) is 6.08 Å². The summed E-state index contributed by atoms with van der Waals surface area (Å²) in [6.45, 7) is 0.131. The van der Waals surface area contributed by atoms with Crippen LogP contribution in [0.15, 0.2) is 40.3 Å². The van der Waals surface area contributed by atoms with Gasteiger partial charge >= 0.3 is 0 Å². The van der Waals surface area contributed by atoms with Crippen molar-refractivity contribution in [2.24, 2.45) is 0 Å². The summed E-state index contributed by atoms with van der Waals surface area (Å²) in [5, 5.41) is 18.2. The van der Waals surface area contributed by atoms with E-state index in [2.05, 4.69) is 0 Å². The number of para-hydroxylation sites is 1. The summed E-state index contributed by atoms with van der Waals surface area (Å²) in [7, 11) is 0. The summed E-state index contributed by atoms with van der Waals surface area (Å²) >= 11 is 12.0. The smallest absolute Gasteiger partial charge is 0.157 e. The second-order valence-electron chi connectivity index (χ2n) is 3.93. The molecule has 0 radical (unpaired) electrons. The van der Waals surface area contributed by atoms with Crippen molar-refractivity contribution in [2.45, 2.75) is 6.61 Å². The monoisotopic (exact) mass is 318 g/mol. The highest BCUT2D eigenvalue weighted by Crippen LogP contribution is 2.33. The van der Waals surface area contributed by atoms with Gasteiger partial charge < -0.3 is 9.15 Å². The molecule has 0 fully saturated rings. The van der Waals surface area contributed by atoms with Crippen molar-refractivity contribution in [3.63, 3.8) is 0 Å². The van der Waals surface area contributed by atoms with Crippen LogP contribution in [0.2, 0.25) is 10.0 Å². The maximum atomic E-state index is 8.67. The van der Waals surface area contributed by atoms with Crippen LogP contribution in [0.1, 0.15) is 11.5 Å². The van der Waals surface area contributed by atoms with Gasteiger partial charge in [0.15, 0.2) is 5.75 Å². The van der Waals surface area contributed by atoms with Crippen LogP contribution < -0.4 is 4.74 Å². The minimum Gasteiger partial charge on any atom is -0.483 e. The SMILES string of the molecule is N#CC(C#N)=Cc1ccc(COc2c(Cl)cccc2Cl)o1. The van der Waals surface area contributed by atoms with Gasteiger partial charge in [0.05, 0.1) is 10.0 Å². The van der Waals surface area contributed by atoms with E-state index in [1.807, 2.05) is 0 Å². The molecule has 0 saturated carbocycles.